The highest BCUT2D eigenvalue weighted by atomic mass is 32.2. The van der Waals surface area contributed by atoms with Crippen LogP contribution in [-0.2, 0) is 25.9 Å². The van der Waals surface area contributed by atoms with E-state index in [0.717, 1.165) is 11.9 Å². The highest BCUT2D eigenvalue weighted by Gasteiger charge is 2.34. The Hall–Kier alpha value is -2.41. The first kappa shape index (κ1) is 19.4. The molecule has 0 bridgehead atoms. The van der Waals surface area contributed by atoms with Crippen molar-refractivity contribution in [2.75, 3.05) is 6.26 Å². The minimum Gasteiger partial charge on any atom is -0.459 e. The molecular formula is C20H23NO5S. The lowest BCUT2D eigenvalue weighted by molar-refractivity contribution is -0.156. The van der Waals surface area contributed by atoms with Gasteiger partial charge in [-0.2, -0.15) is 0 Å². The zero-order valence-electron chi connectivity index (χ0n) is 15.9. The lowest BCUT2D eigenvalue weighted by Crippen LogP contribution is -2.27. The number of sulfone groups is 1. The molecule has 7 heteroatoms. The molecule has 1 aliphatic rings. The molecule has 1 atom stereocenters. The average molecular weight is 389 g/mol. The molecule has 27 heavy (non-hydrogen) atoms. The normalized spacial score (nSPS) is 16.8. The van der Waals surface area contributed by atoms with E-state index in [1.54, 1.807) is 12.1 Å². The van der Waals surface area contributed by atoms with E-state index in [-0.39, 0.29) is 22.6 Å². The number of hydrogen-bond acceptors (Lipinski definition) is 5. The number of benzene rings is 1. The molecule has 1 unspecified atom stereocenters. The van der Waals surface area contributed by atoms with Crippen molar-refractivity contribution in [3.05, 3.63) is 53.3 Å². The highest BCUT2D eigenvalue weighted by Crippen LogP contribution is 2.33. The quantitative estimate of drug-likeness (QED) is 0.593. The molecule has 6 nitrogen and oxygen atoms in total. The maximum absolute atomic E-state index is 12.8. The van der Waals surface area contributed by atoms with Crippen molar-refractivity contribution in [1.82, 2.24) is 4.57 Å². The fourth-order valence-corrected chi connectivity index (χ4v) is 3.88. The Morgan fingerprint density at radius 3 is 2.26 bits per heavy atom. The number of fused-ring (bicyclic) bond motifs is 1. The Morgan fingerprint density at radius 2 is 1.70 bits per heavy atom. The van der Waals surface area contributed by atoms with Crippen LogP contribution in [0.2, 0.25) is 0 Å². The monoisotopic (exact) mass is 389 g/mol. The molecule has 0 fully saturated rings. The minimum atomic E-state index is -3.31. The Kier molecular flexibility index (Phi) is 4.76. The minimum absolute atomic E-state index is 0.171. The highest BCUT2D eigenvalue weighted by molar-refractivity contribution is 7.90. The summed E-state index contributed by atoms with van der Waals surface area (Å²) in [6.07, 6.45) is 1.72. The maximum atomic E-state index is 12.8. The van der Waals surface area contributed by atoms with E-state index >= 15 is 0 Å². The molecule has 2 heterocycles. The average Bonchev–Trinajstić information content (AvgIpc) is 3.13. The first-order valence-corrected chi connectivity index (χ1v) is 10.6. The number of carbonyl (C=O) groups is 2. The summed E-state index contributed by atoms with van der Waals surface area (Å²) in [7, 11) is -3.31. The van der Waals surface area contributed by atoms with E-state index in [1.165, 1.54) is 24.3 Å². The second kappa shape index (κ2) is 6.64. The van der Waals surface area contributed by atoms with E-state index in [0.29, 0.717) is 24.2 Å². The second-order valence-corrected chi connectivity index (χ2v) is 9.81. The summed E-state index contributed by atoms with van der Waals surface area (Å²) in [6, 6.07) is 9.39. The number of ether oxygens (including phenoxy) is 1. The number of nitrogens with zero attached hydrogens (tertiary/aromatic N) is 1. The summed E-state index contributed by atoms with van der Waals surface area (Å²) in [6.45, 7) is 6.05. The van der Waals surface area contributed by atoms with Gasteiger partial charge < -0.3 is 9.30 Å². The number of rotatable bonds is 4. The van der Waals surface area contributed by atoms with Gasteiger partial charge in [-0.05, 0) is 63.6 Å². The molecule has 0 N–H and O–H groups in total. The number of aromatic nitrogens is 1. The number of hydrogen-bond donors (Lipinski definition) is 0. The largest absolute Gasteiger partial charge is 0.459 e. The van der Waals surface area contributed by atoms with Crippen molar-refractivity contribution in [2.45, 2.75) is 50.2 Å². The van der Waals surface area contributed by atoms with Crippen LogP contribution >= 0.6 is 0 Å². The third kappa shape index (κ3) is 3.98. The van der Waals surface area contributed by atoms with Crippen LogP contribution in [-0.4, -0.2) is 36.6 Å². The SMILES string of the molecule is CC(C)(C)OC(=O)C1CCn2c(C(=O)c3ccc(S(C)(=O)=O)cc3)ccc21. The topological polar surface area (TPSA) is 82.4 Å². The summed E-state index contributed by atoms with van der Waals surface area (Å²) in [5.74, 6) is -0.861. The van der Waals surface area contributed by atoms with Gasteiger partial charge in [-0.15, -0.1) is 0 Å². The first-order chi connectivity index (χ1) is 12.5. The van der Waals surface area contributed by atoms with Crippen molar-refractivity contribution in [3.63, 3.8) is 0 Å². The molecular weight excluding hydrogens is 366 g/mol. The molecule has 1 aromatic heterocycles. The Balaban J connectivity index is 1.85. The fourth-order valence-electron chi connectivity index (χ4n) is 3.25. The van der Waals surface area contributed by atoms with Crippen LogP contribution in [0, 0.1) is 0 Å². The van der Waals surface area contributed by atoms with Crippen LogP contribution in [0.25, 0.3) is 0 Å². The first-order valence-electron chi connectivity index (χ1n) is 8.74. The van der Waals surface area contributed by atoms with Gasteiger partial charge >= 0.3 is 5.97 Å². The molecule has 144 valence electrons. The molecule has 1 aliphatic heterocycles. The van der Waals surface area contributed by atoms with Crippen LogP contribution in [0.4, 0.5) is 0 Å². The Bertz CT molecular complexity index is 994. The Morgan fingerprint density at radius 1 is 1.07 bits per heavy atom. The number of esters is 1. The summed E-state index contributed by atoms with van der Waals surface area (Å²) >= 11 is 0. The molecule has 0 saturated heterocycles. The lowest BCUT2D eigenvalue weighted by Gasteiger charge is -2.21. The van der Waals surface area contributed by atoms with E-state index in [4.69, 9.17) is 4.74 Å². The van der Waals surface area contributed by atoms with Crippen LogP contribution < -0.4 is 0 Å². The summed E-state index contributed by atoms with van der Waals surface area (Å²) in [5, 5.41) is 0. The smallest absolute Gasteiger partial charge is 0.315 e. The van der Waals surface area contributed by atoms with Crippen molar-refractivity contribution >= 4 is 21.6 Å². The zero-order chi connectivity index (χ0) is 20.0. The van der Waals surface area contributed by atoms with Crippen LogP contribution in [0.5, 0.6) is 0 Å². The van der Waals surface area contributed by atoms with Gasteiger partial charge in [-0.25, -0.2) is 8.42 Å². The van der Waals surface area contributed by atoms with E-state index in [9.17, 15) is 18.0 Å². The van der Waals surface area contributed by atoms with Gasteiger partial charge in [-0.1, -0.05) is 0 Å². The van der Waals surface area contributed by atoms with Crippen molar-refractivity contribution in [2.24, 2.45) is 0 Å². The van der Waals surface area contributed by atoms with Crippen LogP contribution in [0.3, 0.4) is 0 Å². The zero-order valence-corrected chi connectivity index (χ0v) is 16.7. The van der Waals surface area contributed by atoms with E-state index in [2.05, 4.69) is 0 Å². The van der Waals surface area contributed by atoms with Crippen LogP contribution in [0.15, 0.2) is 41.3 Å². The predicted octanol–water partition coefficient (Wildman–Crippen LogP) is 2.95. The van der Waals surface area contributed by atoms with Gasteiger partial charge in [0, 0.05) is 24.1 Å². The third-order valence-corrected chi connectivity index (χ3v) is 5.61. The standard InChI is InChI=1S/C20H23NO5S/c1-20(2,3)26-19(23)15-11-12-21-16(15)9-10-17(21)18(22)13-5-7-14(8-6-13)27(4,24)25/h5-10,15H,11-12H2,1-4H3. The van der Waals surface area contributed by atoms with Gasteiger partial charge in [0.2, 0.25) is 5.78 Å². The summed E-state index contributed by atoms with van der Waals surface area (Å²) in [5.41, 5.74) is 1.12. The van der Waals surface area contributed by atoms with E-state index < -0.39 is 15.4 Å². The van der Waals surface area contributed by atoms with Gasteiger partial charge in [0.25, 0.3) is 0 Å². The molecule has 1 aromatic carbocycles. The molecule has 0 spiro atoms. The third-order valence-electron chi connectivity index (χ3n) is 4.48. The van der Waals surface area contributed by atoms with E-state index in [1.807, 2.05) is 25.3 Å². The van der Waals surface area contributed by atoms with Gasteiger partial charge in [-0.3, -0.25) is 9.59 Å². The number of ketones is 1. The fraction of sp³-hybridized carbons (Fsp3) is 0.400. The van der Waals surface area contributed by atoms with Gasteiger partial charge in [0.1, 0.15) is 5.60 Å². The number of carbonyl (C=O) groups excluding carboxylic acids is 2. The predicted molar refractivity (Wildman–Crippen MR) is 101 cm³/mol. The molecule has 0 saturated carbocycles. The lowest BCUT2D eigenvalue weighted by atomic mass is 10.0. The van der Waals surface area contributed by atoms with Crippen molar-refractivity contribution in [3.8, 4) is 0 Å². The second-order valence-electron chi connectivity index (χ2n) is 7.80. The molecule has 0 radical (unpaired) electrons. The maximum Gasteiger partial charge on any atom is 0.315 e. The molecule has 2 aromatic rings. The van der Waals surface area contributed by atoms with Gasteiger partial charge in [0.05, 0.1) is 16.5 Å². The summed E-state index contributed by atoms with van der Waals surface area (Å²) < 4.78 is 30.5. The van der Waals surface area contributed by atoms with Crippen LogP contribution in [0.1, 0.15) is 54.9 Å². The van der Waals surface area contributed by atoms with Crippen molar-refractivity contribution < 1.29 is 22.7 Å². The molecule has 0 aliphatic carbocycles. The summed E-state index contributed by atoms with van der Waals surface area (Å²) in [4.78, 5) is 25.4. The molecule has 0 amide bonds. The van der Waals surface area contributed by atoms with Gasteiger partial charge in [0.15, 0.2) is 9.84 Å². The van der Waals surface area contributed by atoms with Crippen molar-refractivity contribution in [1.29, 1.82) is 0 Å². The molecule has 3 rings (SSSR count). The Labute approximate surface area is 159 Å².